The van der Waals surface area contributed by atoms with Crippen LogP contribution >= 0.6 is 22.9 Å². The second kappa shape index (κ2) is 10.3. The zero-order valence-corrected chi connectivity index (χ0v) is 22.4. The second-order valence-electron chi connectivity index (χ2n) is 8.85. The molecule has 3 heterocycles. The van der Waals surface area contributed by atoms with Crippen LogP contribution in [0.15, 0.2) is 71.2 Å². The van der Waals surface area contributed by atoms with E-state index < -0.39 is 22.1 Å². The molecule has 12 heteroatoms. The summed E-state index contributed by atoms with van der Waals surface area (Å²) in [6, 6.07) is 13.2. The van der Waals surface area contributed by atoms with Crippen LogP contribution in [0.25, 0.3) is 10.9 Å². The van der Waals surface area contributed by atoms with Gasteiger partial charge < -0.3 is 19.5 Å². The molecule has 0 spiro atoms. The monoisotopic (exact) mass is 561 g/mol. The molecule has 0 saturated carbocycles. The van der Waals surface area contributed by atoms with Crippen LogP contribution in [0.3, 0.4) is 0 Å². The van der Waals surface area contributed by atoms with E-state index in [9.17, 15) is 18.3 Å². The van der Waals surface area contributed by atoms with Gasteiger partial charge in [0.2, 0.25) is 5.91 Å². The molecule has 37 heavy (non-hydrogen) atoms. The Morgan fingerprint density at radius 1 is 1.24 bits per heavy atom. The summed E-state index contributed by atoms with van der Waals surface area (Å²) in [5.41, 5.74) is 1.70. The van der Waals surface area contributed by atoms with E-state index >= 15 is 0 Å². The molecule has 1 amide bonds. The van der Waals surface area contributed by atoms with Crippen molar-refractivity contribution in [2.45, 2.75) is 23.9 Å². The average molecular weight is 562 g/mol. The lowest BCUT2D eigenvalue weighted by molar-refractivity contribution is -0.138. The van der Waals surface area contributed by atoms with Gasteiger partial charge in [-0.25, -0.2) is 13.4 Å². The number of rotatable bonds is 7. The van der Waals surface area contributed by atoms with Crippen molar-refractivity contribution in [1.82, 2.24) is 14.5 Å². The number of anilines is 2. The summed E-state index contributed by atoms with van der Waals surface area (Å²) in [5.74, 6) is -0.0779. The van der Waals surface area contributed by atoms with Crippen molar-refractivity contribution >= 4 is 60.6 Å². The second-order valence-corrected chi connectivity index (χ2v) is 11.9. The Hall–Kier alpha value is -3.12. The number of benzene rings is 2. The van der Waals surface area contributed by atoms with Crippen molar-refractivity contribution in [3.63, 3.8) is 0 Å². The zero-order valence-electron chi connectivity index (χ0n) is 20.0. The number of aliphatic hydroxyl groups is 1. The molecule has 0 bridgehead atoms. The summed E-state index contributed by atoms with van der Waals surface area (Å²) in [6.07, 6.45) is 3.41. The van der Waals surface area contributed by atoms with Gasteiger partial charge in [0.05, 0.1) is 23.1 Å². The molecular weight excluding hydrogens is 534 g/mol. The summed E-state index contributed by atoms with van der Waals surface area (Å²) in [4.78, 5) is 21.4. The van der Waals surface area contributed by atoms with Crippen LogP contribution in [0.4, 0.5) is 10.8 Å². The smallest absolute Gasteiger partial charge is 0.263 e. The molecule has 2 aromatic carbocycles. The molecule has 1 saturated heterocycles. The van der Waals surface area contributed by atoms with Gasteiger partial charge in [-0.1, -0.05) is 17.7 Å². The van der Waals surface area contributed by atoms with E-state index in [1.54, 1.807) is 34.5 Å². The first-order chi connectivity index (χ1) is 17.8. The molecule has 9 nitrogen and oxygen atoms in total. The lowest BCUT2D eigenvalue weighted by Crippen LogP contribution is -2.57. The van der Waals surface area contributed by atoms with Crippen LogP contribution in [0, 0.1) is 0 Å². The molecule has 196 valence electrons. The maximum Gasteiger partial charge on any atom is 0.263 e. The lowest BCUT2D eigenvalue weighted by Gasteiger charge is -2.42. The third kappa shape index (κ3) is 5.17. The molecule has 5 rings (SSSR count). The van der Waals surface area contributed by atoms with E-state index in [2.05, 4.69) is 9.71 Å². The highest BCUT2D eigenvalue weighted by Crippen LogP contribution is 2.27. The molecule has 4 aromatic rings. The highest BCUT2D eigenvalue weighted by molar-refractivity contribution is 7.93. The van der Waals surface area contributed by atoms with E-state index in [1.807, 2.05) is 46.9 Å². The molecule has 1 fully saturated rings. The van der Waals surface area contributed by atoms with Gasteiger partial charge in [0.15, 0.2) is 5.13 Å². The van der Waals surface area contributed by atoms with Crippen LogP contribution in [-0.2, 0) is 14.8 Å². The van der Waals surface area contributed by atoms with Gasteiger partial charge in [-0.15, -0.1) is 11.3 Å². The largest absolute Gasteiger partial charge is 0.394 e. The summed E-state index contributed by atoms with van der Waals surface area (Å²) in [6.45, 7) is 3.08. The first-order valence-corrected chi connectivity index (χ1v) is 14.5. The zero-order chi connectivity index (χ0) is 26.2. The number of aliphatic hydroxyl groups excluding tert-OH is 1. The van der Waals surface area contributed by atoms with Crippen molar-refractivity contribution < 1.29 is 19.7 Å². The highest BCUT2D eigenvalue weighted by atomic mass is 35.5. The normalized spacial score (nSPS) is 17.2. The molecule has 0 radical (unpaired) electrons. The summed E-state index contributed by atoms with van der Waals surface area (Å²) < 4.78 is 29.6. The van der Waals surface area contributed by atoms with Crippen LogP contribution in [0.2, 0.25) is 5.02 Å². The van der Waals surface area contributed by atoms with Crippen LogP contribution in [0.1, 0.15) is 14.4 Å². The van der Waals surface area contributed by atoms with Crippen molar-refractivity contribution in [1.29, 1.82) is 0 Å². The molecule has 2 atom stereocenters. The standard InChI is InChI=1S/C25H26ClN5O4S2.H2/c1-17(30-10-8-18-2-3-19(26)14-23(18)30)24(33)31-12-11-29(15-21(31)16-32)20-4-6-22(7-5-20)37(34,35)28-25-27-9-13-36-25;/h2-10,13-14,17,21,32H,11-12,15-16H2,1H3,(H,27,28);1H/t17-,21-;/m1./s1. The first-order valence-electron chi connectivity index (χ1n) is 11.7. The van der Waals surface area contributed by atoms with Crippen LogP contribution < -0.4 is 9.62 Å². The van der Waals surface area contributed by atoms with Gasteiger partial charge >= 0.3 is 0 Å². The van der Waals surface area contributed by atoms with Gasteiger partial charge in [-0.3, -0.25) is 9.52 Å². The number of piperazine rings is 1. The molecule has 1 aliphatic heterocycles. The maximum absolute atomic E-state index is 13.5. The number of carbonyl (C=O) groups is 1. The lowest BCUT2D eigenvalue weighted by atomic mass is 10.1. The minimum absolute atomic E-state index is 0. The fraction of sp³-hybridized carbons (Fsp3) is 0.280. The Morgan fingerprint density at radius 2 is 2.03 bits per heavy atom. The number of thiazole rings is 1. The van der Waals surface area contributed by atoms with Crippen molar-refractivity contribution in [2.24, 2.45) is 0 Å². The topological polar surface area (TPSA) is 108 Å². The first kappa shape index (κ1) is 25.5. The van der Waals surface area contributed by atoms with Crippen molar-refractivity contribution in [3.05, 3.63) is 71.3 Å². The van der Waals surface area contributed by atoms with Crippen LogP contribution in [-0.4, -0.2) is 66.2 Å². The Bertz CT molecular complexity index is 1510. The Balaban J connectivity index is 0.00000336. The summed E-state index contributed by atoms with van der Waals surface area (Å²) in [7, 11) is -3.74. The summed E-state index contributed by atoms with van der Waals surface area (Å²) in [5, 5.41) is 13.7. The quantitative estimate of drug-likeness (QED) is 0.352. The SMILES string of the molecule is C[C@H](C(=O)N1CCN(c2ccc(S(=O)(=O)Nc3nccs3)cc2)C[C@@H]1CO)n1ccc2ccc(Cl)cc21.[HH]. The van der Waals surface area contributed by atoms with E-state index in [0.29, 0.717) is 29.8 Å². The van der Waals surface area contributed by atoms with Gasteiger partial charge in [0.25, 0.3) is 10.0 Å². The van der Waals surface area contributed by atoms with Gasteiger partial charge in [0.1, 0.15) is 6.04 Å². The number of nitrogens with zero attached hydrogens (tertiary/aromatic N) is 4. The number of hydrogen-bond acceptors (Lipinski definition) is 7. The van der Waals surface area contributed by atoms with E-state index in [0.717, 1.165) is 16.6 Å². The fourth-order valence-electron chi connectivity index (χ4n) is 4.64. The van der Waals surface area contributed by atoms with E-state index in [1.165, 1.54) is 17.5 Å². The van der Waals surface area contributed by atoms with Gasteiger partial charge in [-0.2, -0.15) is 0 Å². The third-order valence-corrected chi connectivity index (χ3v) is 9.01. The van der Waals surface area contributed by atoms with E-state index in [-0.39, 0.29) is 18.8 Å². The Morgan fingerprint density at radius 3 is 2.73 bits per heavy atom. The number of halogens is 1. The Kier molecular flexibility index (Phi) is 7.13. The minimum atomic E-state index is -3.74. The number of fused-ring (bicyclic) bond motifs is 1. The van der Waals surface area contributed by atoms with Crippen LogP contribution in [0.5, 0.6) is 0 Å². The number of sulfonamides is 1. The number of hydrogen-bond donors (Lipinski definition) is 2. The number of amides is 1. The Labute approximate surface area is 225 Å². The maximum atomic E-state index is 13.5. The molecule has 0 unspecified atom stereocenters. The van der Waals surface area contributed by atoms with Gasteiger partial charge in [-0.05, 0) is 54.8 Å². The van der Waals surface area contributed by atoms with Crippen molar-refractivity contribution in [2.75, 3.05) is 35.9 Å². The predicted molar refractivity (Wildman–Crippen MR) is 148 cm³/mol. The molecular formula is C25H28ClN5O4S2. The number of aromatic nitrogens is 2. The molecule has 2 N–H and O–H groups in total. The summed E-state index contributed by atoms with van der Waals surface area (Å²) >= 11 is 7.38. The predicted octanol–water partition coefficient (Wildman–Crippen LogP) is 4.07. The van der Waals surface area contributed by atoms with E-state index in [4.69, 9.17) is 11.6 Å². The third-order valence-electron chi connectivity index (χ3n) is 6.60. The fourth-order valence-corrected chi connectivity index (χ4v) is 6.59. The highest BCUT2D eigenvalue weighted by Gasteiger charge is 2.33. The molecule has 0 aliphatic carbocycles. The minimum Gasteiger partial charge on any atom is -0.394 e. The van der Waals surface area contributed by atoms with Gasteiger partial charge in [0, 0.05) is 49.5 Å². The number of carbonyl (C=O) groups excluding carboxylic acids is 1. The number of nitrogens with one attached hydrogen (secondary N) is 1. The average Bonchev–Trinajstić information content (AvgIpc) is 3.57. The molecule has 1 aliphatic rings. The van der Waals surface area contributed by atoms with Crippen molar-refractivity contribution in [3.8, 4) is 0 Å². The molecule has 2 aromatic heterocycles.